The first kappa shape index (κ1) is 15.7. The maximum Gasteiger partial charge on any atom is 0.137 e. The third-order valence-electron chi connectivity index (χ3n) is 4.15. The highest BCUT2D eigenvalue weighted by Crippen LogP contribution is 2.33. The van der Waals surface area contributed by atoms with Crippen molar-refractivity contribution in [3.05, 3.63) is 51.6 Å². The Morgan fingerprint density at radius 3 is 3.05 bits per heavy atom. The van der Waals surface area contributed by atoms with Crippen LogP contribution in [0.25, 0.3) is 0 Å². The lowest BCUT2D eigenvalue weighted by Crippen LogP contribution is -2.23. The van der Waals surface area contributed by atoms with Gasteiger partial charge < -0.3 is 4.52 Å². The monoisotopic (exact) mass is 366 g/mol. The molecule has 0 spiro atoms. The first-order valence-electron chi connectivity index (χ1n) is 7.81. The summed E-state index contributed by atoms with van der Waals surface area (Å²) >= 11 is 3.26. The predicted molar refractivity (Wildman–Crippen MR) is 87.0 cm³/mol. The molecular weight excluding hydrogens is 347 g/mol. The predicted octanol–water partition coefficient (Wildman–Crippen LogP) is 4.87. The zero-order chi connectivity index (χ0) is 15.5. The van der Waals surface area contributed by atoms with Gasteiger partial charge in [0.05, 0.1) is 10.5 Å². The molecule has 22 heavy (non-hydrogen) atoms. The normalized spacial score (nSPS) is 19.0. The average molecular weight is 367 g/mol. The average Bonchev–Trinajstić information content (AvgIpc) is 3.12. The topological polar surface area (TPSA) is 29.3 Å². The number of aromatic nitrogens is 1. The Bertz CT molecular complexity index is 643. The molecule has 1 fully saturated rings. The van der Waals surface area contributed by atoms with Gasteiger partial charge in [0.1, 0.15) is 17.3 Å². The summed E-state index contributed by atoms with van der Waals surface area (Å²) in [6, 6.07) is 7.61. The van der Waals surface area contributed by atoms with Gasteiger partial charge in [-0.25, -0.2) is 4.39 Å². The molecule has 118 valence electrons. The molecule has 0 aliphatic carbocycles. The van der Waals surface area contributed by atoms with Gasteiger partial charge in [-0.3, -0.25) is 4.90 Å². The minimum atomic E-state index is -0.220. The summed E-state index contributed by atoms with van der Waals surface area (Å²) in [5.74, 6) is 0.747. The highest BCUT2D eigenvalue weighted by Gasteiger charge is 2.28. The van der Waals surface area contributed by atoms with Gasteiger partial charge in [0, 0.05) is 19.0 Å². The number of aryl methyl sites for hydroxylation is 1. The summed E-state index contributed by atoms with van der Waals surface area (Å²) in [6.07, 6.45) is 4.25. The van der Waals surface area contributed by atoms with Crippen LogP contribution in [0.4, 0.5) is 4.39 Å². The number of nitrogens with zero attached hydrogens (tertiary/aromatic N) is 2. The Morgan fingerprint density at radius 1 is 1.41 bits per heavy atom. The third kappa shape index (κ3) is 3.41. The van der Waals surface area contributed by atoms with Crippen molar-refractivity contribution in [1.29, 1.82) is 0 Å². The van der Waals surface area contributed by atoms with Gasteiger partial charge in [0.25, 0.3) is 0 Å². The van der Waals surface area contributed by atoms with Gasteiger partial charge in [0.15, 0.2) is 0 Å². The quantitative estimate of drug-likeness (QED) is 0.755. The minimum Gasteiger partial charge on any atom is -0.361 e. The van der Waals surface area contributed by atoms with Crippen LogP contribution in [0.15, 0.2) is 33.3 Å². The fourth-order valence-corrected chi connectivity index (χ4v) is 3.50. The Morgan fingerprint density at radius 2 is 2.27 bits per heavy atom. The van der Waals surface area contributed by atoms with Crippen molar-refractivity contribution in [2.24, 2.45) is 0 Å². The molecule has 0 N–H and O–H groups in total. The lowest BCUT2D eigenvalue weighted by molar-refractivity contribution is 0.236. The number of hydrogen-bond donors (Lipinski definition) is 0. The van der Waals surface area contributed by atoms with Crippen LogP contribution in [-0.2, 0) is 13.0 Å². The van der Waals surface area contributed by atoms with Crippen LogP contribution in [0.5, 0.6) is 0 Å². The van der Waals surface area contributed by atoms with E-state index in [0.717, 1.165) is 55.8 Å². The van der Waals surface area contributed by atoms with Crippen LogP contribution >= 0.6 is 15.9 Å². The van der Waals surface area contributed by atoms with Crippen molar-refractivity contribution < 1.29 is 8.91 Å². The first-order chi connectivity index (χ1) is 10.7. The third-order valence-corrected chi connectivity index (χ3v) is 4.76. The molecule has 1 atom stereocenters. The van der Waals surface area contributed by atoms with Gasteiger partial charge in [0.2, 0.25) is 0 Å². The van der Waals surface area contributed by atoms with Crippen LogP contribution < -0.4 is 0 Å². The van der Waals surface area contributed by atoms with Crippen molar-refractivity contribution >= 4 is 15.9 Å². The van der Waals surface area contributed by atoms with Gasteiger partial charge in [-0.05, 0) is 59.4 Å². The van der Waals surface area contributed by atoms with Gasteiger partial charge >= 0.3 is 0 Å². The standard InChI is InChI=1S/C17H20BrFN2O/c1-2-4-13-10-16(20-22-13)17-5-3-8-21(17)11-12-6-7-15(19)14(18)9-12/h6-7,9-10,17H,2-5,8,11H2,1H3/t17-/m0/s1. The fourth-order valence-electron chi connectivity index (χ4n) is 3.07. The molecule has 1 aliphatic heterocycles. The second-order valence-corrected chi connectivity index (χ2v) is 6.70. The largest absolute Gasteiger partial charge is 0.361 e. The van der Waals surface area contributed by atoms with Crippen LogP contribution in [0.3, 0.4) is 0 Å². The fraction of sp³-hybridized carbons (Fsp3) is 0.471. The van der Waals surface area contributed by atoms with E-state index >= 15 is 0 Å². The van der Waals surface area contributed by atoms with E-state index in [1.807, 2.05) is 12.1 Å². The van der Waals surface area contributed by atoms with Crippen LogP contribution in [0.1, 0.15) is 49.2 Å². The van der Waals surface area contributed by atoms with E-state index in [0.29, 0.717) is 10.5 Å². The summed E-state index contributed by atoms with van der Waals surface area (Å²) < 4.78 is 19.3. The number of rotatable bonds is 5. The van der Waals surface area contributed by atoms with Crippen molar-refractivity contribution in [1.82, 2.24) is 10.1 Å². The molecule has 0 radical (unpaired) electrons. The van der Waals surface area contributed by atoms with Gasteiger partial charge in [-0.15, -0.1) is 0 Å². The van der Waals surface area contributed by atoms with Gasteiger partial charge in [-0.2, -0.15) is 0 Å². The molecule has 2 heterocycles. The van der Waals surface area contributed by atoms with E-state index in [-0.39, 0.29) is 5.82 Å². The number of likely N-dealkylation sites (tertiary alicyclic amines) is 1. The Labute approximate surface area is 138 Å². The maximum atomic E-state index is 13.3. The lowest BCUT2D eigenvalue weighted by Gasteiger charge is -2.22. The van der Waals surface area contributed by atoms with E-state index in [1.54, 1.807) is 0 Å². The number of hydrogen-bond acceptors (Lipinski definition) is 3. The van der Waals surface area contributed by atoms with E-state index in [1.165, 1.54) is 6.07 Å². The molecule has 1 aliphatic rings. The second kappa shape index (κ2) is 6.92. The summed E-state index contributed by atoms with van der Waals surface area (Å²) in [6.45, 7) is 3.98. The second-order valence-electron chi connectivity index (χ2n) is 5.85. The van der Waals surface area contributed by atoms with Crippen LogP contribution in [0.2, 0.25) is 0 Å². The summed E-state index contributed by atoms with van der Waals surface area (Å²) in [5, 5.41) is 4.25. The van der Waals surface area contributed by atoms with Crippen molar-refractivity contribution in [2.45, 2.75) is 45.2 Å². The zero-order valence-electron chi connectivity index (χ0n) is 12.7. The van der Waals surface area contributed by atoms with Crippen molar-refractivity contribution in [3.8, 4) is 0 Å². The molecule has 3 nitrogen and oxygen atoms in total. The van der Waals surface area contributed by atoms with Crippen molar-refractivity contribution in [2.75, 3.05) is 6.54 Å². The molecular formula is C17H20BrFN2O. The maximum absolute atomic E-state index is 13.3. The van der Waals surface area contributed by atoms with Crippen LogP contribution in [0, 0.1) is 5.82 Å². The van der Waals surface area contributed by atoms with Crippen molar-refractivity contribution in [3.63, 3.8) is 0 Å². The molecule has 3 rings (SSSR count). The smallest absolute Gasteiger partial charge is 0.137 e. The van der Waals surface area contributed by atoms with E-state index in [2.05, 4.69) is 39.0 Å². The molecule has 1 aromatic heterocycles. The zero-order valence-corrected chi connectivity index (χ0v) is 14.3. The molecule has 0 saturated carbocycles. The molecule has 0 unspecified atom stereocenters. The SMILES string of the molecule is CCCc1cc([C@@H]2CCCN2Cc2ccc(F)c(Br)c2)no1. The molecule has 0 bridgehead atoms. The summed E-state index contributed by atoms with van der Waals surface area (Å²) in [5.41, 5.74) is 2.14. The Kier molecular flexibility index (Phi) is 4.93. The van der Waals surface area contributed by atoms with Crippen LogP contribution in [-0.4, -0.2) is 16.6 Å². The first-order valence-corrected chi connectivity index (χ1v) is 8.60. The highest BCUT2D eigenvalue weighted by molar-refractivity contribution is 9.10. The molecule has 1 saturated heterocycles. The van der Waals surface area contributed by atoms with E-state index in [4.69, 9.17) is 4.52 Å². The van der Waals surface area contributed by atoms with Gasteiger partial charge in [-0.1, -0.05) is 18.1 Å². The molecule has 2 aromatic rings. The Balaban J connectivity index is 1.73. The Hall–Kier alpha value is -1.20. The number of benzene rings is 1. The molecule has 5 heteroatoms. The minimum absolute atomic E-state index is 0.220. The summed E-state index contributed by atoms with van der Waals surface area (Å²) in [7, 11) is 0. The lowest BCUT2D eigenvalue weighted by atomic mass is 10.1. The molecule has 1 aromatic carbocycles. The molecule has 0 amide bonds. The van der Waals surface area contributed by atoms with E-state index < -0.39 is 0 Å². The summed E-state index contributed by atoms with van der Waals surface area (Å²) in [4.78, 5) is 2.40. The number of halogens is 2. The highest BCUT2D eigenvalue weighted by atomic mass is 79.9. The van der Waals surface area contributed by atoms with E-state index in [9.17, 15) is 4.39 Å².